The van der Waals surface area contributed by atoms with Crippen LogP contribution in [0.1, 0.15) is 31.5 Å². The summed E-state index contributed by atoms with van der Waals surface area (Å²) >= 11 is 0. The van der Waals surface area contributed by atoms with Crippen molar-refractivity contribution in [2.24, 2.45) is 0 Å². The van der Waals surface area contributed by atoms with Crippen LogP contribution in [-0.2, 0) is 13.1 Å². The molecule has 1 aromatic heterocycles. The molecule has 16 heavy (non-hydrogen) atoms. The van der Waals surface area contributed by atoms with Crippen LogP contribution in [0.5, 0.6) is 0 Å². The maximum absolute atomic E-state index is 4.49. The summed E-state index contributed by atoms with van der Waals surface area (Å²) in [6.07, 6.45) is 3.16. The van der Waals surface area contributed by atoms with Crippen molar-refractivity contribution in [3.63, 3.8) is 0 Å². The zero-order chi connectivity index (χ0) is 11.8. The Labute approximate surface area is 98.9 Å². The quantitative estimate of drug-likeness (QED) is 0.763. The third kappa shape index (κ3) is 4.29. The van der Waals surface area contributed by atoms with Gasteiger partial charge in [-0.3, -0.25) is 9.88 Å². The fourth-order valence-corrected chi connectivity index (χ4v) is 1.75. The van der Waals surface area contributed by atoms with Crippen LogP contribution in [0.3, 0.4) is 0 Å². The van der Waals surface area contributed by atoms with Gasteiger partial charge in [0.2, 0.25) is 0 Å². The van der Waals surface area contributed by atoms with E-state index in [2.05, 4.69) is 41.2 Å². The molecule has 3 heteroatoms. The minimum absolute atomic E-state index is 0.889. The highest BCUT2D eigenvalue weighted by atomic mass is 15.1. The average molecular weight is 221 g/mol. The van der Waals surface area contributed by atoms with Crippen LogP contribution in [0, 0.1) is 0 Å². The topological polar surface area (TPSA) is 28.2 Å². The molecule has 0 saturated carbocycles. The molecule has 0 amide bonds. The van der Waals surface area contributed by atoms with Gasteiger partial charge in [-0.05, 0) is 38.2 Å². The van der Waals surface area contributed by atoms with Gasteiger partial charge >= 0.3 is 0 Å². The highest BCUT2D eigenvalue weighted by Crippen LogP contribution is 2.04. The lowest BCUT2D eigenvalue weighted by atomic mass is 10.2. The standard InChI is InChI=1S/C13H23N3/c1-4-8-16(5-2)11-13-7-6-12(9-14-3)10-15-13/h6-7,10,14H,4-5,8-9,11H2,1-3H3. The van der Waals surface area contributed by atoms with Gasteiger partial charge in [0.15, 0.2) is 0 Å². The van der Waals surface area contributed by atoms with Crippen LogP contribution in [0.25, 0.3) is 0 Å². The maximum atomic E-state index is 4.49. The molecule has 1 heterocycles. The summed E-state index contributed by atoms with van der Waals surface area (Å²) < 4.78 is 0. The summed E-state index contributed by atoms with van der Waals surface area (Å²) in [4.78, 5) is 6.90. The van der Waals surface area contributed by atoms with E-state index in [-0.39, 0.29) is 0 Å². The Kier molecular flexibility index (Phi) is 6.04. The van der Waals surface area contributed by atoms with E-state index in [9.17, 15) is 0 Å². The van der Waals surface area contributed by atoms with E-state index in [1.54, 1.807) is 0 Å². The highest BCUT2D eigenvalue weighted by Gasteiger charge is 2.03. The monoisotopic (exact) mass is 221 g/mol. The molecule has 0 fully saturated rings. The largest absolute Gasteiger partial charge is 0.316 e. The van der Waals surface area contributed by atoms with Crippen molar-refractivity contribution in [3.05, 3.63) is 29.6 Å². The van der Waals surface area contributed by atoms with E-state index in [0.717, 1.165) is 31.9 Å². The first-order chi connectivity index (χ1) is 7.80. The van der Waals surface area contributed by atoms with E-state index in [1.807, 2.05) is 13.2 Å². The summed E-state index contributed by atoms with van der Waals surface area (Å²) in [6.45, 7) is 8.51. The van der Waals surface area contributed by atoms with Gasteiger partial charge in [-0.1, -0.05) is 19.9 Å². The maximum Gasteiger partial charge on any atom is 0.0544 e. The first-order valence-corrected chi connectivity index (χ1v) is 6.10. The zero-order valence-corrected chi connectivity index (χ0v) is 10.7. The molecule has 1 aromatic rings. The lowest BCUT2D eigenvalue weighted by Crippen LogP contribution is -2.24. The molecule has 0 aliphatic heterocycles. The SMILES string of the molecule is CCCN(CC)Cc1ccc(CNC)cn1. The van der Waals surface area contributed by atoms with Crippen molar-refractivity contribution in [2.75, 3.05) is 20.1 Å². The van der Waals surface area contributed by atoms with Gasteiger partial charge in [0.25, 0.3) is 0 Å². The molecule has 90 valence electrons. The van der Waals surface area contributed by atoms with Crippen LogP contribution >= 0.6 is 0 Å². The number of rotatable bonds is 7. The van der Waals surface area contributed by atoms with Gasteiger partial charge in [-0.2, -0.15) is 0 Å². The molecule has 0 aliphatic rings. The van der Waals surface area contributed by atoms with E-state index in [4.69, 9.17) is 0 Å². The number of hydrogen-bond acceptors (Lipinski definition) is 3. The Balaban J connectivity index is 2.53. The van der Waals surface area contributed by atoms with Gasteiger partial charge in [0.05, 0.1) is 5.69 Å². The first-order valence-electron chi connectivity index (χ1n) is 6.10. The van der Waals surface area contributed by atoms with Crippen LogP contribution in [-0.4, -0.2) is 30.0 Å². The van der Waals surface area contributed by atoms with E-state index < -0.39 is 0 Å². The van der Waals surface area contributed by atoms with Gasteiger partial charge in [0, 0.05) is 19.3 Å². The molecule has 0 bridgehead atoms. The summed E-state index contributed by atoms with van der Waals surface area (Å²) in [5.41, 5.74) is 2.40. The minimum atomic E-state index is 0.889. The van der Waals surface area contributed by atoms with Crippen LogP contribution in [0.2, 0.25) is 0 Å². The summed E-state index contributed by atoms with van der Waals surface area (Å²) in [5.74, 6) is 0. The molecule has 0 radical (unpaired) electrons. The molecular formula is C13H23N3. The molecule has 1 rings (SSSR count). The molecule has 3 nitrogen and oxygen atoms in total. The number of nitrogens with one attached hydrogen (secondary N) is 1. The predicted octanol–water partition coefficient (Wildman–Crippen LogP) is 2.03. The number of hydrogen-bond donors (Lipinski definition) is 1. The predicted molar refractivity (Wildman–Crippen MR) is 68.2 cm³/mol. The van der Waals surface area contributed by atoms with E-state index in [1.165, 1.54) is 12.0 Å². The fourth-order valence-electron chi connectivity index (χ4n) is 1.75. The summed E-state index contributed by atoms with van der Waals surface area (Å²) in [6, 6.07) is 4.28. The van der Waals surface area contributed by atoms with E-state index >= 15 is 0 Å². The molecule has 0 aromatic carbocycles. The van der Waals surface area contributed by atoms with Gasteiger partial charge in [0.1, 0.15) is 0 Å². The lowest BCUT2D eigenvalue weighted by molar-refractivity contribution is 0.277. The Morgan fingerprint density at radius 2 is 2.12 bits per heavy atom. The van der Waals surface area contributed by atoms with Crippen molar-refractivity contribution in [2.45, 2.75) is 33.4 Å². The molecule has 0 spiro atoms. The number of aromatic nitrogens is 1. The Morgan fingerprint density at radius 3 is 2.62 bits per heavy atom. The minimum Gasteiger partial charge on any atom is -0.316 e. The van der Waals surface area contributed by atoms with Crippen LogP contribution in [0.4, 0.5) is 0 Å². The molecule has 1 N–H and O–H groups in total. The van der Waals surface area contributed by atoms with Crippen molar-refractivity contribution >= 4 is 0 Å². The second-order valence-corrected chi connectivity index (χ2v) is 4.06. The van der Waals surface area contributed by atoms with Crippen molar-refractivity contribution in [1.82, 2.24) is 15.2 Å². The molecule has 0 unspecified atom stereocenters. The van der Waals surface area contributed by atoms with Crippen molar-refractivity contribution in [1.29, 1.82) is 0 Å². The Morgan fingerprint density at radius 1 is 1.31 bits per heavy atom. The van der Waals surface area contributed by atoms with Gasteiger partial charge < -0.3 is 5.32 Å². The Hall–Kier alpha value is -0.930. The average Bonchev–Trinajstić information content (AvgIpc) is 2.31. The molecule has 0 aliphatic carbocycles. The number of pyridine rings is 1. The normalized spacial score (nSPS) is 11.0. The third-order valence-corrected chi connectivity index (χ3v) is 2.64. The smallest absolute Gasteiger partial charge is 0.0544 e. The lowest BCUT2D eigenvalue weighted by Gasteiger charge is -2.18. The van der Waals surface area contributed by atoms with E-state index in [0.29, 0.717) is 0 Å². The second-order valence-electron chi connectivity index (χ2n) is 4.06. The first kappa shape index (κ1) is 13.1. The summed E-state index contributed by atoms with van der Waals surface area (Å²) in [5, 5.41) is 3.13. The molecule has 0 saturated heterocycles. The third-order valence-electron chi connectivity index (χ3n) is 2.64. The highest BCUT2D eigenvalue weighted by molar-refractivity contribution is 5.13. The second kappa shape index (κ2) is 7.36. The molecular weight excluding hydrogens is 198 g/mol. The van der Waals surface area contributed by atoms with Crippen molar-refractivity contribution < 1.29 is 0 Å². The van der Waals surface area contributed by atoms with Gasteiger partial charge in [-0.25, -0.2) is 0 Å². The summed E-state index contributed by atoms with van der Waals surface area (Å²) in [7, 11) is 1.95. The van der Waals surface area contributed by atoms with Crippen molar-refractivity contribution in [3.8, 4) is 0 Å². The van der Waals surface area contributed by atoms with Gasteiger partial charge in [-0.15, -0.1) is 0 Å². The molecule has 0 atom stereocenters. The fraction of sp³-hybridized carbons (Fsp3) is 0.615. The zero-order valence-electron chi connectivity index (χ0n) is 10.7. The van der Waals surface area contributed by atoms with Crippen LogP contribution < -0.4 is 5.32 Å². The number of nitrogens with zero attached hydrogens (tertiary/aromatic N) is 2. The Bertz CT molecular complexity index is 282. The van der Waals surface area contributed by atoms with Crippen LogP contribution in [0.15, 0.2) is 18.3 Å².